The van der Waals surface area contributed by atoms with Gasteiger partial charge >= 0.3 is 5.97 Å². The van der Waals surface area contributed by atoms with Crippen molar-refractivity contribution < 1.29 is 14.7 Å². The van der Waals surface area contributed by atoms with Gasteiger partial charge in [-0.05, 0) is 11.6 Å². The molecule has 1 unspecified atom stereocenters. The molecule has 0 aliphatic carbocycles. The third-order valence-electron chi connectivity index (χ3n) is 3.56. The molecule has 108 valence electrons. The number of nitrogens with zero attached hydrogens (tertiary/aromatic N) is 2. The minimum atomic E-state index is -0.922. The molecule has 1 aliphatic rings. The summed E-state index contributed by atoms with van der Waals surface area (Å²) < 4.78 is 0. The highest BCUT2D eigenvalue weighted by Gasteiger charge is 2.31. The highest BCUT2D eigenvalue weighted by Crippen LogP contribution is 2.28. The van der Waals surface area contributed by atoms with E-state index in [0.717, 1.165) is 0 Å². The fourth-order valence-corrected chi connectivity index (χ4v) is 2.72. The number of hydrogen-bond acceptors (Lipinski definition) is 3. The van der Waals surface area contributed by atoms with Crippen molar-refractivity contribution in [2.75, 3.05) is 26.2 Å². The lowest BCUT2D eigenvalue weighted by Crippen LogP contribution is -2.50. The molecule has 0 saturated carbocycles. The van der Waals surface area contributed by atoms with Crippen molar-refractivity contribution in [3.05, 3.63) is 34.9 Å². The van der Waals surface area contributed by atoms with E-state index >= 15 is 0 Å². The number of carboxylic acid groups (broad SMARTS) is 1. The number of rotatable bonds is 3. The van der Waals surface area contributed by atoms with E-state index in [1.807, 2.05) is 4.90 Å². The zero-order chi connectivity index (χ0) is 14.7. The van der Waals surface area contributed by atoms with Gasteiger partial charge in [0.2, 0.25) is 5.91 Å². The quantitative estimate of drug-likeness (QED) is 0.921. The Kier molecular flexibility index (Phi) is 4.62. The van der Waals surface area contributed by atoms with Crippen LogP contribution in [0.5, 0.6) is 0 Å². The van der Waals surface area contributed by atoms with Crippen molar-refractivity contribution >= 4 is 23.5 Å². The standard InChI is InChI=1S/C14H17ClN2O3/c1-10(18)16-6-8-17(9-7-16)13(14(19)20)11-4-2-3-5-12(11)15/h2-5,13H,6-9H2,1H3,(H,19,20). The maximum atomic E-state index is 11.6. The summed E-state index contributed by atoms with van der Waals surface area (Å²) in [7, 11) is 0. The zero-order valence-corrected chi connectivity index (χ0v) is 12.0. The number of carbonyl (C=O) groups is 2. The van der Waals surface area contributed by atoms with Crippen LogP contribution in [0.2, 0.25) is 5.02 Å². The molecule has 1 N–H and O–H groups in total. The van der Waals surface area contributed by atoms with E-state index in [1.165, 1.54) is 6.92 Å². The van der Waals surface area contributed by atoms with E-state index in [-0.39, 0.29) is 5.91 Å². The summed E-state index contributed by atoms with van der Waals surface area (Å²) in [5.41, 5.74) is 0.595. The largest absolute Gasteiger partial charge is 0.480 e. The minimum Gasteiger partial charge on any atom is -0.480 e. The second-order valence-electron chi connectivity index (χ2n) is 4.80. The molecular weight excluding hydrogens is 280 g/mol. The van der Waals surface area contributed by atoms with Gasteiger partial charge in [0.25, 0.3) is 0 Å². The molecule has 1 aromatic carbocycles. The summed E-state index contributed by atoms with van der Waals surface area (Å²) in [6, 6.07) is 6.22. The van der Waals surface area contributed by atoms with Crippen LogP contribution in [0.15, 0.2) is 24.3 Å². The first-order valence-corrected chi connectivity index (χ1v) is 6.85. The summed E-state index contributed by atoms with van der Waals surface area (Å²) in [4.78, 5) is 26.5. The molecular formula is C14H17ClN2O3. The van der Waals surface area contributed by atoms with Gasteiger partial charge in [0.15, 0.2) is 0 Å². The van der Waals surface area contributed by atoms with Crippen LogP contribution in [0, 0.1) is 0 Å². The summed E-state index contributed by atoms with van der Waals surface area (Å²) in [6.45, 7) is 3.68. The molecule has 20 heavy (non-hydrogen) atoms. The molecule has 0 spiro atoms. The SMILES string of the molecule is CC(=O)N1CCN(C(C(=O)O)c2ccccc2Cl)CC1. The first kappa shape index (κ1) is 14.8. The predicted molar refractivity (Wildman–Crippen MR) is 75.7 cm³/mol. The smallest absolute Gasteiger partial charge is 0.325 e. The monoisotopic (exact) mass is 296 g/mol. The van der Waals surface area contributed by atoms with E-state index in [2.05, 4.69) is 0 Å². The first-order valence-electron chi connectivity index (χ1n) is 6.47. The number of hydrogen-bond donors (Lipinski definition) is 1. The van der Waals surface area contributed by atoms with Crippen LogP contribution in [-0.2, 0) is 9.59 Å². The van der Waals surface area contributed by atoms with Crippen molar-refractivity contribution in [2.45, 2.75) is 13.0 Å². The lowest BCUT2D eigenvalue weighted by Gasteiger charge is -2.37. The average Bonchev–Trinajstić information content (AvgIpc) is 2.41. The van der Waals surface area contributed by atoms with Gasteiger partial charge < -0.3 is 10.0 Å². The molecule has 1 atom stereocenters. The van der Waals surface area contributed by atoms with E-state index in [9.17, 15) is 14.7 Å². The van der Waals surface area contributed by atoms with Gasteiger partial charge in [0.05, 0.1) is 0 Å². The van der Waals surface area contributed by atoms with Crippen LogP contribution in [-0.4, -0.2) is 53.0 Å². The van der Waals surface area contributed by atoms with Crippen molar-refractivity contribution in [1.82, 2.24) is 9.80 Å². The minimum absolute atomic E-state index is 0.0225. The fraction of sp³-hybridized carbons (Fsp3) is 0.429. The maximum absolute atomic E-state index is 11.6. The van der Waals surface area contributed by atoms with Gasteiger partial charge in [0.1, 0.15) is 6.04 Å². The van der Waals surface area contributed by atoms with Gasteiger partial charge in [-0.3, -0.25) is 14.5 Å². The Morgan fingerprint density at radius 3 is 2.30 bits per heavy atom. The van der Waals surface area contributed by atoms with Gasteiger partial charge in [-0.1, -0.05) is 29.8 Å². The Hall–Kier alpha value is -1.59. The molecule has 5 nitrogen and oxygen atoms in total. The second kappa shape index (κ2) is 6.24. The number of benzene rings is 1. The van der Waals surface area contributed by atoms with Crippen molar-refractivity contribution in [3.63, 3.8) is 0 Å². The molecule has 6 heteroatoms. The van der Waals surface area contributed by atoms with E-state index in [4.69, 9.17) is 11.6 Å². The van der Waals surface area contributed by atoms with Crippen LogP contribution < -0.4 is 0 Å². The lowest BCUT2D eigenvalue weighted by molar-refractivity contribution is -0.145. The number of carbonyl (C=O) groups excluding carboxylic acids is 1. The molecule has 0 radical (unpaired) electrons. The van der Waals surface area contributed by atoms with E-state index in [0.29, 0.717) is 36.8 Å². The van der Waals surface area contributed by atoms with Gasteiger partial charge in [-0.25, -0.2) is 0 Å². The normalized spacial score (nSPS) is 17.8. The van der Waals surface area contributed by atoms with E-state index in [1.54, 1.807) is 29.2 Å². The fourth-order valence-electron chi connectivity index (χ4n) is 2.48. The molecule has 1 aliphatic heterocycles. The summed E-state index contributed by atoms with van der Waals surface area (Å²) >= 11 is 6.11. The zero-order valence-electron chi connectivity index (χ0n) is 11.3. The maximum Gasteiger partial charge on any atom is 0.325 e. The number of piperazine rings is 1. The van der Waals surface area contributed by atoms with Crippen LogP contribution in [0.4, 0.5) is 0 Å². The third kappa shape index (κ3) is 3.11. The van der Waals surface area contributed by atoms with E-state index < -0.39 is 12.0 Å². The highest BCUT2D eigenvalue weighted by atomic mass is 35.5. The van der Waals surface area contributed by atoms with Gasteiger partial charge in [0, 0.05) is 38.1 Å². The summed E-state index contributed by atoms with van der Waals surface area (Å²) in [5.74, 6) is -0.899. The Balaban J connectivity index is 2.18. The van der Waals surface area contributed by atoms with Gasteiger partial charge in [-0.15, -0.1) is 0 Å². The van der Waals surface area contributed by atoms with Crippen molar-refractivity contribution in [3.8, 4) is 0 Å². The van der Waals surface area contributed by atoms with Crippen molar-refractivity contribution in [2.24, 2.45) is 0 Å². The van der Waals surface area contributed by atoms with Crippen molar-refractivity contribution in [1.29, 1.82) is 0 Å². The first-order chi connectivity index (χ1) is 9.50. The Labute approximate surface area is 122 Å². The van der Waals surface area contributed by atoms with Crippen LogP contribution in [0.25, 0.3) is 0 Å². The topological polar surface area (TPSA) is 60.9 Å². The molecule has 2 rings (SSSR count). The molecule has 0 bridgehead atoms. The number of halogens is 1. The molecule has 1 fully saturated rings. The number of amides is 1. The van der Waals surface area contributed by atoms with Crippen LogP contribution in [0.1, 0.15) is 18.5 Å². The van der Waals surface area contributed by atoms with Crippen LogP contribution >= 0.6 is 11.6 Å². The molecule has 1 aromatic rings. The number of carboxylic acids is 1. The Bertz CT molecular complexity index is 513. The Morgan fingerprint density at radius 2 is 1.80 bits per heavy atom. The lowest BCUT2D eigenvalue weighted by atomic mass is 10.0. The highest BCUT2D eigenvalue weighted by molar-refractivity contribution is 6.31. The van der Waals surface area contributed by atoms with Crippen LogP contribution in [0.3, 0.4) is 0 Å². The summed E-state index contributed by atoms with van der Waals surface area (Å²) in [6.07, 6.45) is 0. The summed E-state index contributed by atoms with van der Waals surface area (Å²) in [5, 5.41) is 9.95. The molecule has 0 aromatic heterocycles. The number of aliphatic carboxylic acids is 1. The second-order valence-corrected chi connectivity index (χ2v) is 5.21. The van der Waals surface area contributed by atoms with Gasteiger partial charge in [-0.2, -0.15) is 0 Å². The molecule has 1 amide bonds. The molecule has 1 saturated heterocycles. The predicted octanol–water partition coefficient (Wildman–Crippen LogP) is 1.63. The third-order valence-corrected chi connectivity index (χ3v) is 3.90. The average molecular weight is 297 g/mol. The Morgan fingerprint density at radius 1 is 1.20 bits per heavy atom. The molecule has 1 heterocycles.